The van der Waals surface area contributed by atoms with Gasteiger partial charge in [-0.3, -0.25) is 9.59 Å². The number of nitrogens with two attached hydrogens (primary N) is 1. The van der Waals surface area contributed by atoms with Crippen LogP contribution in [0.5, 0.6) is 0 Å². The fraction of sp³-hybridized carbons (Fsp3) is 0.878. The second kappa shape index (κ2) is 13.0. The molecule has 0 heterocycles. The third kappa shape index (κ3) is 5.17. The molecule has 5 aliphatic carbocycles. The Hall–Kier alpha value is -1.19. The quantitative estimate of drug-likeness (QED) is 0.101. The van der Waals surface area contributed by atoms with E-state index in [9.17, 15) is 14.4 Å². The molecule has 9 heteroatoms. The molecule has 0 aliphatic heterocycles. The van der Waals surface area contributed by atoms with Crippen molar-refractivity contribution in [1.29, 1.82) is 0 Å². The smallest absolute Gasteiger partial charge is 0.329 e. The Balaban J connectivity index is 1.40. The molecular formula is C41H69N3O4S2. The molecule has 4 N–H and O–H groups in total. The van der Waals surface area contributed by atoms with Crippen molar-refractivity contribution in [2.45, 2.75) is 152 Å². The minimum atomic E-state index is -0.921. The number of carbonyl (C=O) groups is 3. The third-order valence-electron chi connectivity index (χ3n) is 18.4. The third-order valence-corrected chi connectivity index (χ3v) is 19.1. The highest BCUT2D eigenvalue weighted by atomic mass is 32.1. The zero-order chi connectivity index (χ0) is 37.5. The van der Waals surface area contributed by atoms with E-state index in [2.05, 4.69) is 118 Å². The number of ether oxygens (including phenoxy) is 1. The summed E-state index contributed by atoms with van der Waals surface area (Å²) in [6.45, 7) is 27.7. The van der Waals surface area contributed by atoms with Crippen molar-refractivity contribution in [2.75, 3.05) is 18.1 Å². The van der Waals surface area contributed by atoms with Crippen molar-refractivity contribution in [3.05, 3.63) is 11.6 Å². The molecule has 5 rings (SSSR count). The van der Waals surface area contributed by atoms with E-state index >= 15 is 0 Å². The summed E-state index contributed by atoms with van der Waals surface area (Å²) in [5.41, 5.74) is 7.97. The Bertz CT molecular complexity index is 1420. The number of nitrogens with one attached hydrogen (secondary N) is 2. The molecule has 0 spiro atoms. The van der Waals surface area contributed by atoms with Gasteiger partial charge in [0, 0.05) is 16.9 Å². The molecule has 12 atom stereocenters. The van der Waals surface area contributed by atoms with Crippen LogP contribution in [0.4, 0.5) is 0 Å². The average Bonchev–Trinajstić information content (AvgIpc) is 3.07. The van der Waals surface area contributed by atoms with E-state index in [4.69, 9.17) is 10.5 Å². The van der Waals surface area contributed by atoms with Crippen LogP contribution < -0.4 is 16.4 Å². The van der Waals surface area contributed by atoms with E-state index in [-0.39, 0.29) is 62.1 Å². The van der Waals surface area contributed by atoms with E-state index < -0.39 is 29.9 Å². The standard InChI is InChI=1S/C41H69N3O4S2/c1-25-12-15-35(5)18-19-36(6)29(41(35,11)26(25)2)13-16-40(10)38(36,8)21-20-37(7)34(3,4)30(14-17-39(37,40)9)48-33(47)28(24-50)44-31(45)22-43-32(46)27(42)23-49/h13,25-28,30,49-50H,12,14-24,42H2,1-11H3,(H,43,46)(H,44,45)/t25?,26-,27?,28?,30?,35+,36?,37?,38-,39-,40?,41-/m0/s1. The molecule has 0 aromatic carbocycles. The zero-order valence-electron chi connectivity index (χ0n) is 33.1. The highest BCUT2D eigenvalue weighted by Crippen LogP contribution is 2.84. The minimum absolute atomic E-state index is 0.0147. The van der Waals surface area contributed by atoms with Crippen molar-refractivity contribution in [3.63, 3.8) is 0 Å². The summed E-state index contributed by atoms with van der Waals surface area (Å²) in [4.78, 5) is 38.4. The van der Waals surface area contributed by atoms with E-state index in [0.29, 0.717) is 11.3 Å². The van der Waals surface area contributed by atoms with Crippen LogP contribution >= 0.6 is 25.3 Å². The summed E-state index contributed by atoms with van der Waals surface area (Å²) in [5.74, 6) is 0.226. The molecule has 50 heavy (non-hydrogen) atoms. The molecular weight excluding hydrogens is 663 g/mol. The van der Waals surface area contributed by atoms with Gasteiger partial charge in [-0.2, -0.15) is 25.3 Å². The van der Waals surface area contributed by atoms with E-state index in [1.165, 1.54) is 25.7 Å². The molecule has 4 fully saturated rings. The lowest BCUT2D eigenvalue weighted by Crippen LogP contribution is -2.73. The molecule has 0 saturated heterocycles. The fourth-order valence-electron chi connectivity index (χ4n) is 13.2. The first kappa shape index (κ1) is 40.0. The van der Waals surface area contributed by atoms with Crippen LogP contribution in [-0.4, -0.2) is 54.0 Å². The number of carbonyl (C=O) groups excluding carboxylic acids is 3. The van der Waals surface area contributed by atoms with Gasteiger partial charge in [0.15, 0.2) is 0 Å². The molecule has 0 aromatic rings. The summed E-state index contributed by atoms with van der Waals surface area (Å²) < 4.78 is 6.37. The van der Waals surface area contributed by atoms with Crippen molar-refractivity contribution in [3.8, 4) is 0 Å². The molecule has 0 bridgehead atoms. The Morgan fingerprint density at radius 1 is 0.840 bits per heavy atom. The summed E-state index contributed by atoms with van der Waals surface area (Å²) in [7, 11) is 0. The SMILES string of the molecule is CC1CC[C@]2(C)CCC3(C)C(=CCC4(C)[C@@]3(C)CCC3(C)C(C)(C)C(OC(=O)C(CS)NC(=O)CNC(=O)C(N)CS)CC[C@@]34C)[C@]2(C)[C@H]1C. The number of allylic oxidation sites excluding steroid dienone is 2. The summed E-state index contributed by atoms with van der Waals surface area (Å²) in [5, 5.41) is 5.21. The number of hydrogen-bond donors (Lipinski definition) is 5. The highest BCUT2D eigenvalue weighted by Gasteiger charge is 2.77. The van der Waals surface area contributed by atoms with Crippen LogP contribution in [-0.2, 0) is 19.1 Å². The van der Waals surface area contributed by atoms with Crippen molar-refractivity contribution < 1.29 is 19.1 Å². The van der Waals surface area contributed by atoms with Gasteiger partial charge in [0.05, 0.1) is 12.6 Å². The largest absolute Gasteiger partial charge is 0.460 e. The first-order valence-electron chi connectivity index (χ1n) is 19.5. The topological polar surface area (TPSA) is 111 Å². The van der Waals surface area contributed by atoms with Crippen LogP contribution in [0.3, 0.4) is 0 Å². The number of esters is 1. The number of fused-ring (bicyclic) bond motifs is 7. The number of rotatable bonds is 8. The van der Waals surface area contributed by atoms with Crippen molar-refractivity contribution in [2.24, 2.45) is 60.9 Å². The maximum Gasteiger partial charge on any atom is 0.329 e. The van der Waals surface area contributed by atoms with E-state index in [0.717, 1.165) is 38.0 Å². The Morgan fingerprint density at radius 3 is 2.10 bits per heavy atom. The van der Waals surface area contributed by atoms with Gasteiger partial charge in [0.2, 0.25) is 11.8 Å². The van der Waals surface area contributed by atoms with Crippen LogP contribution in [0, 0.1) is 55.2 Å². The maximum atomic E-state index is 13.7. The Morgan fingerprint density at radius 2 is 1.48 bits per heavy atom. The summed E-state index contributed by atoms with van der Waals surface area (Å²) >= 11 is 8.41. The lowest BCUT2D eigenvalue weighted by molar-refractivity contribution is -0.294. The molecule has 4 saturated carbocycles. The lowest BCUT2D eigenvalue weighted by atomic mass is 9.25. The van der Waals surface area contributed by atoms with Gasteiger partial charge in [-0.25, -0.2) is 4.79 Å². The van der Waals surface area contributed by atoms with E-state index in [1.807, 2.05) is 0 Å². The lowest BCUT2D eigenvalue weighted by Gasteiger charge is -2.79. The van der Waals surface area contributed by atoms with Gasteiger partial charge in [0.1, 0.15) is 12.1 Å². The van der Waals surface area contributed by atoms with Crippen molar-refractivity contribution >= 4 is 43.0 Å². The number of hydrogen-bond acceptors (Lipinski definition) is 7. The molecule has 7 nitrogen and oxygen atoms in total. The van der Waals surface area contributed by atoms with Crippen molar-refractivity contribution in [1.82, 2.24) is 10.6 Å². The Labute approximate surface area is 314 Å². The zero-order valence-corrected chi connectivity index (χ0v) is 34.8. The van der Waals surface area contributed by atoms with E-state index in [1.54, 1.807) is 5.57 Å². The minimum Gasteiger partial charge on any atom is -0.460 e. The fourth-order valence-corrected chi connectivity index (χ4v) is 13.6. The second-order valence-electron chi connectivity index (χ2n) is 19.5. The predicted molar refractivity (Wildman–Crippen MR) is 209 cm³/mol. The Kier molecular flexibility index (Phi) is 10.4. The molecule has 0 aromatic heterocycles. The van der Waals surface area contributed by atoms with Crippen LogP contribution in [0.15, 0.2) is 11.6 Å². The first-order valence-corrected chi connectivity index (χ1v) is 20.7. The molecule has 7 unspecified atom stereocenters. The van der Waals surface area contributed by atoms with Crippen LogP contribution in [0.1, 0.15) is 134 Å². The summed E-state index contributed by atoms with van der Waals surface area (Å²) in [6.07, 6.45) is 12.8. The van der Waals surface area contributed by atoms with Gasteiger partial charge in [-0.1, -0.05) is 87.8 Å². The van der Waals surface area contributed by atoms with Gasteiger partial charge in [-0.05, 0) is 108 Å². The van der Waals surface area contributed by atoms with Gasteiger partial charge < -0.3 is 21.1 Å². The normalized spacial score (nSPS) is 46.0. The molecule has 284 valence electrons. The highest BCUT2D eigenvalue weighted by molar-refractivity contribution is 7.80. The number of thiol groups is 2. The number of amides is 2. The first-order chi connectivity index (χ1) is 23.0. The monoisotopic (exact) mass is 731 g/mol. The van der Waals surface area contributed by atoms with Crippen LogP contribution in [0.25, 0.3) is 0 Å². The van der Waals surface area contributed by atoms with Gasteiger partial charge >= 0.3 is 5.97 Å². The molecule has 0 radical (unpaired) electrons. The molecule has 5 aliphatic rings. The maximum absolute atomic E-state index is 13.7. The predicted octanol–water partition coefficient (Wildman–Crippen LogP) is 7.53. The average molecular weight is 732 g/mol. The summed E-state index contributed by atoms with van der Waals surface area (Å²) in [6, 6.07) is -1.73. The second-order valence-corrected chi connectivity index (χ2v) is 20.3. The van der Waals surface area contributed by atoms with Gasteiger partial charge in [-0.15, -0.1) is 0 Å². The van der Waals surface area contributed by atoms with Gasteiger partial charge in [0.25, 0.3) is 0 Å². The molecule has 2 amide bonds. The van der Waals surface area contributed by atoms with Crippen LogP contribution in [0.2, 0.25) is 0 Å².